The fraction of sp³-hybridized carbons (Fsp3) is 0.778. The van der Waals surface area contributed by atoms with E-state index in [4.69, 9.17) is 4.74 Å². The molecule has 0 spiro atoms. The molecule has 0 saturated heterocycles. The van der Waals surface area contributed by atoms with E-state index in [1.54, 1.807) is 0 Å². The van der Waals surface area contributed by atoms with Crippen molar-refractivity contribution < 1.29 is 30.3 Å². The Morgan fingerprint density at radius 1 is 0.867 bits per heavy atom. The van der Waals surface area contributed by atoms with Crippen molar-refractivity contribution in [2.45, 2.75) is 36.6 Å². The van der Waals surface area contributed by atoms with Crippen LogP contribution in [0.5, 0.6) is 0 Å². The van der Waals surface area contributed by atoms with E-state index in [-0.39, 0.29) is 6.61 Å². The van der Waals surface area contributed by atoms with Crippen LogP contribution in [0.1, 0.15) is 0 Å². The first-order chi connectivity index (χ1) is 7.00. The molecule has 6 atom stereocenters. The normalized spacial score (nSPS) is 46.5. The molecule has 1 aliphatic rings. The van der Waals surface area contributed by atoms with Crippen LogP contribution in [0, 0.1) is 0 Å². The standard InChI is InChI=1S/C9H16O6/c1-2-3-15-9-7(13)5(11)4(10)6(12)8(9)14/h2,4-14H,1,3H2/t4?,5-,6-,7-,8+,9?/m1/s1. The fourth-order valence-corrected chi connectivity index (χ4v) is 1.57. The monoisotopic (exact) mass is 220 g/mol. The number of hydrogen-bond donors (Lipinski definition) is 5. The molecule has 0 aromatic rings. The fourth-order valence-electron chi connectivity index (χ4n) is 1.57. The molecule has 88 valence electrons. The van der Waals surface area contributed by atoms with E-state index in [1.807, 2.05) is 0 Å². The van der Waals surface area contributed by atoms with E-state index in [1.165, 1.54) is 6.08 Å². The summed E-state index contributed by atoms with van der Waals surface area (Å²) in [6.07, 6.45) is -7.30. The van der Waals surface area contributed by atoms with Crippen LogP contribution < -0.4 is 0 Å². The van der Waals surface area contributed by atoms with Gasteiger partial charge in [-0.2, -0.15) is 0 Å². The zero-order valence-corrected chi connectivity index (χ0v) is 8.10. The molecule has 1 fully saturated rings. The van der Waals surface area contributed by atoms with Crippen molar-refractivity contribution in [1.82, 2.24) is 0 Å². The van der Waals surface area contributed by atoms with Crippen molar-refractivity contribution in [2.24, 2.45) is 0 Å². The minimum atomic E-state index is -1.58. The molecule has 2 unspecified atom stereocenters. The van der Waals surface area contributed by atoms with Gasteiger partial charge in [0.1, 0.15) is 36.6 Å². The summed E-state index contributed by atoms with van der Waals surface area (Å²) in [5.41, 5.74) is 0. The Labute approximate surface area is 87.0 Å². The van der Waals surface area contributed by atoms with Crippen LogP contribution in [0.15, 0.2) is 12.7 Å². The highest BCUT2D eigenvalue weighted by atomic mass is 16.5. The molecular weight excluding hydrogens is 204 g/mol. The number of aliphatic hydroxyl groups is 5. The highest BCUT2D eigenvalue weighted by molar-refractivity contribution is 4.99. The third kappa shape index (κ3) is 2.36. The second kappa shape index (κ2) is 5.02. The Hall–Kier alpha value is -0.500. The molecule has 0 aliphatic heterocycles. The lowest BCUT2D eigenvalue weighted by atomic mass is 9.85. The zero-order valence-electron chi connectivity index (χ0n) is 8.10. The van der Waals surface area contributed by atoms with Crippen LogP contribution in [0.25, 0.3) is 0 Å². The first-order valence-corrected chi connectivity index (χ1v) is 4.63. The van der Waals surface area contributed by atoms with Crippen molar-refractivity contribution in [3.63, 3.8) is 0 Å². The smallest absolute Gasteiger partial charge is 0.115 e. The van der Waals surface area contributed by atoms with Crippen molar-refractivity contribution in [3.05, 3.63) is 12.7 Å². The van der Waals surface area contributed by atoms with Gasteiger partial charge in [-0.25, -0.2) is 0 Å². The van der Waals surface area contributed by atoms with Gasteiger partial charge < -0.3 is 30.3 Å². The first kappa shape index (κ1) is 12.6. The van der Waals surface area contributed by atoms with Crippen molar-refractivity contribution in [3.8, 4) is 0 Å². The highest BCUT2D eigenvalue weighted by Gasteiger charge is 2.48. The van der Waals surface area contributed by atoms with Gasteiger partial charge in [0, 0.05) is 0 Å². The molecule has 0 bridgehead atoms. The Kier molecular flexibility index (Phi) is 4.21. The van der Waals surface area contributed by atoms with Gasteiger partial charge in [-0.15, -0.1) is 6.58 Å². The third-order valence-corrected chi connectivity index (χ3v) is 2.48. The Morgan fingerprint density at radius 3 is 1.67 bits per heavy atom. The Balaban J connectivity index is 2.72. The average Bonchev–Trinajstić information content (AvgIpc) is 2.24. The summed E-state index contributed by atoms with van der Waals surface area (Å²) in [6.45, 7) is 3.45. The Morgan fingerprint density at radius 2 is 1.27 bits per heavy atom. The maximum absolute atomic E-state index is 9.48. The lowest BCUT2D eigenvalue weighted by Crippen LogP contribution is -2.64. The molecule has 0 aromatic carbocycles. The number of aliphatic hydroxyl groups excluding tert-OH is 5. The third-order valence-electron chi connectivity index (χ3n) is 2.48. The molecule has 0 amide bonds. The predicted molar refractivity (Wildman–Crippen MR) is 50.0 cm³/mol. The van der Waals surface area contributed by atoms with Gasteiger partial charge in [0.2, 0.25) is 0 Å². The molecule has 1 saturated carbocycles. The highest BCUT2D eigenvalue weighted by Crippen LogP contribution is 2.23. The van der Waals surface area contributed by atoms with Gasteiger partial charge in [0.15, 0.2) is 0 Å². The van der Waals surface area contributed by atoms with E-state index in [2.05, 4.69) is 6.58 Å². The number of rotatable bonds is 3. The second-order valence-corrected chi connectivity index (χ2v) is 3.54. The summed E-state index contributed by atoms with van der Waals surface area (Å²) in [6, 6.07) is 0. The molecule has 6 heteroatoms. The van der Waals surface area contributed by atoms with Crippen LogP contribution in [0.4, 0.5) is 0 Å². The molecule has 0 aromatic heterocycles. The van der Waals surface area contributed by atoms with E-state index < -0.39 is 36.6 Å². The largest absolute Gasteiger partial charge is 0.387 e. The molecule has 15 heavy (non-hydrogen) atoms. The van der Waals surface area contributed by atoms with E-state index in [0.29, 0.717) is 0 Å². The lowest BCUT2D eigenvalue weighted by Gasteiger charge is -2.41. The molecule has 0 radical (unpaired) electrons. The van der Waals surface area contributed by atoms with Gasteiger partial charge in [0.05, 0.1) is 6.61 Å². The van der Waals surface area contributed by atoms with E-state index in [9.17, 15) is 25.5 Å². The summed E-state index contributed by atoms with van der Waals surface area (Å²) in [4.78, 5) is 0. The van der Waals surface area contributed by atoms with Crippen LogP contribution in [-0.4, -0.2) is 68.8 Å². The van der Waals surface area contributed by atoms with Crippen molar-refractivity contribution in [1.29, 1.82) is 0 Å². The topological polar surface area (TPSA) is 110 Å². The summed E-state index contributed by atoms with van der Waals surface area (Å²) >= 11 is 0. The van der Waals surface area contributed by atoms with Crippen LogP contribution in [-0.2, 0) is 4.74 Å². The number of hydrogen-bond acceptors (Lipinski definition) is 6. The van der Waals surface area contributed by atoms with Crippen molar-refractivity contribution >= 4 is 0 Å². The van der Waals surface area contributed by atoms with Crippen LogP contribution >= 0.6 is 0 Å². The SMILES string of the molecule is C=CCOC1[C@@H](O)[C@H](O)C(O)[C@@H](O)[C@H]1O. The maximum atomic E-state index is 9.48. The van der Waals surface area contributed by atoms with Crippen molar-refractivity contribution in [2.75, 3.05) is 6.61 Å². The van der Waals surface area contributed by atoms with Gasteiger partial charge in [-0.05, 0) is 0 Å². The molecular formula is C9H16O6. The Bertz CT molecular complexity index is 205. The quantitative estimate of drug-likeness (QED) is 0.333. The van der Waals surface area contributed by atoms with Gasteiger partial charge in [-0.3, -0.25) is 0 Å². The molecule has 0 heterocycles. The molecule has 1 rings (SSSR count). The van der Waals surface area contributed by atoms with E-state index in [0.717, 1.165) is 0 Å². The minimum absolute atomic E-state index is 0.0638. The second-order valence-electron chi connectivity index (χ2n) is 3.54. The first-order valence-electron chi connectivity index (χ1n) is 4.63. The lowest BCUT2D eigenvalue weighted by molar-refractivity contribution is -0.233. The molecule has 5 N–H and O–H groups in total. The maximum Gasteiger partial charge on any atom is 0.115 e. The summed E-state index contributed by atoms with van der Waals surface area (Å²) < 4.78 is 5.00. The zero-order chi connectivity index (χ0) is 11.6. The molecule has 1 aliphatic carbocycles. The van der Waals surface area contributed by atoms with Gasteiger partial charge in [0.25, 0.3) is 0 Å². The summed E-state index contributed by atoms with van der Waals surface area (Å²) in [7, 11) is 0. The average molecular weight is 220 g/mol. The predicted octanol–water partition coefficient (Wildman–Crippen LogP) is -2.62. The minimum Gasteiger partial charge on any atom is -0.387 e. The van der Waals surface area contributed by atoms with Gasteiger partial charge >= 0.3 is 0 Å². The van der Waals surface area contributed by atoms with Crippen LogP contribution in [0.3, 0.4) is 0 Å². The summed E-state index contributed by atoms with van der Waals surface area (Å²) in [5.74, 6) is 0. The summed E-state index contributed by atoms with van der Waals surface area (Å²) in [5, 5.41) is 46.9. The van der Waals surface area contributed by atoms with E-state index >= 15 is 0 Å². The number of ether oxygens (including phenoxy) is 1. The van der Waals surface area contributed by atoms with Crippen LogP contribution in [0.2, 0.25) is 0 Å². The van der Waals surface area contributed by atoms with Gasteiger partial charge in [-0.1, -0.05) is 6.08 Å². The molecule has 6 nitrogen and oxygen atoms in total.